The number of nitrogens with one attached hydrogen (secondary N) is 3. The van der Waals surface area contributed by atoms with Crippen molar-refractivity contribution in [3.05, 3.63) is 59.7 Å². The molecule has 0 bridgehead atoms. The number of methoxy groups -OCH3 is 1. The van der Waals surface area contributed by atoms with E-state index in [1.165, 1.54) is 31.4 Å². The molecule has 32 heavy (non-hydrogen) atoms. The van der Waals surface area contributed by atoms with E-state index >= 15 is 0 Å². The Kier molecular flexibility index (Phi) is 5.49. The maximum Gasteiger partial charge on any atom is 0.266 e. The van der Waals surface area contributed by atoms with Gasteiger partial charge in [0.05, 0.1) is 18.1 Å². The van der Waals surface area contributed by atoms with Crippen LogP contribution in [0.1, 0.15) is 34.6 Å². The van der Waals surface area contributed by atoms with Gasteiger partial charge in [-0.1, -0.05) is 12.1 Å². The van der Waals surface area contributed by atoms with Crippen LogP contribution < -0.4 is 25.0 Å². The molecule has 0 aliphatic carbocycles. The number of ether oxygens (including phenoxy) is 2. The fraction of sp³-hybridized carbons (Fsp3) is 0.182. The van der Waals surface area contributed by atoms with Crippen molar-refractivity contribution in [2.24, 2.45) is 0 Å². The average molecular weight is 455 g/mol. The number of hydrogen-bond donors (Lipinski definition) is 3. The topological polar surface area (TPSA) is 123 Å². The van der Waals surface area contributed by atoms with Gasteiger partial charge in [-0.3, -0.25) is 15.0 Å². The summed E-state index contributed by atoms with van der Waals surface area (Å²) in [5.41, 5.74) is 3.33. The summed E-state index contributed by atoms with van der Waals surface area (Å²) in [5.74, 6) is -0.152. The van der Waals surface area contributed by atoms with E-state index in [2.05, 4.69) is 15.6 Å². The standard InChI is InChI=1S/C22H21N3O6S/c1-12(2)31-17-9-7-13(11-18(17)30-3)21(26)24-25-32(28,29)19-10-8-16-20-14(19)5-4-6-15(20)22(27)23-16/h4-12,25H,1-3H3,(H,23,27)(H,24,26). The summed E-state index contributed by atoms with van der Waals surface area (Å²) in [5, 5.41) is 3.60. The molecule has 0 saturated heterocycles. The minimum atomic E-state index is -4.13. The number of amides is 2. The molecule has 2 amide bonds. The van der Waals surface area contributed by atoms with Crippen LogP contribution in [0.4, 0.5) is 5.69 Å². The molecule has 0 aromatic heterocycles. The zero-order valence-corrected chi connectivity index (χ0v) is 18.4. The van der Waals surface area contributed by atoms with E-state index < -0.39 is 15.9 Å². The Morgan fingerprint density at radius 1 is 1.06 bits per heavy atom. The molecule has 9 nitrogen and oxygen atoms in total. The van der Waals surface area contributed by atoms with Crippen LogP contribution in [-0.2, 0) is 10.0 Å². The second-order valence-corrected chi connectivity index (χ2v) is 9.04. The number of hydrogen-bond acceptors (Lipinski definition) is 6. The van der Waals surface area contributed by atoms with Gasteiger partial charge in [0, 0.05) is 27.6 Å². The highest BCUT2D eigenvalue weighted by molar-refractivity contribution is 7.89. The van der Waals surface area contributed by atoms with E-state index in [0.717, 1.165) is 0 Å². The average Bonchev–Trinajstić information content (AvgIpc) is 3.09. The van der Waals surface area contributed by atoms with Crippen molar-refractivity contribution >= 4 is 38.3 Å². The molecule has 0 fully saturated rings. The number of hydrazine groups is 1. The van der Waals surface area contributed by atoms with Crippen LogP contribution in [0.25, 0.3) is 10.8 Å². The molecule has 3 N–H and O–H groups in total. The summed E-state index contributed by atoms with van der Waals surface area (Å²) in [6.07, 6.45) is -0.0846. The van der Waals surface area contributed by atoms with Gasteiger partial charge < -0.3 is 14.8 Å². The maximum absolute atomic E-state index is 12.9. The molecule has 0 radical (unpaired) electrons. The quantitative estimate of drug-likeness (QED) is 0.471. The number of anilines is 1. The van der Waals surface area contributed by atoms with Gasteiger partial charge in [0.15, 0.2) is 11.5 Å². The highest BCUT2D eigenvalue weighted by atomic mass is 32.2. The van der Waals surface area contributed by atoms with Gasteiger partial charge in [0.2, 0.25) is 0 Å². The highest BCUT2D eigenvalue weighted by Gasteiger charge is 2.26. The number of carbonyl (C=O) groups excluding carboxylic acids is 2. The molecular formula is C22H21N3O6S. The van der Waals surface area contributed by atoms with Crippen molar-refractivity contribution in [1.29, 1.82) is 0 Å². The third kappa shape index (κ3) is 3.85. The zero-order chi connectivity index (χ0) is 23.0. The predicted octanol–water partition coefficient (Wildman–Crippen LogP) is 2.82. The van der Waals surface area contributed by atoms with E-state index in [0.29, 0.717) is 33.5 Å². The van der Waals surface area contributed by atoms with Gasteiger partial charge in [0.1, 0.15) is 0 Å². The van der Waals surface area contributed by atoms with E-state index in [4.69, 9.17) is 9.47 Å². The molecule has 0 saturated carbocycles. The monoisotopic (exact) mass is 455 g/mol. The van der Waals surface area contributed by atoms with Crippen molar-refractivity contribution in [2.75, 3.05) is 12.4 Å². The minimum absolute atomic E-state index is 0.0619. The van der Waals surface area contributed by atoms with Crippen molar-refractivity contribution in [3.63, 3.8) is 0 Å². The van der Waals surface area contributed by atoms with Gasteiger partial charge in [-0.25, -0.2) is 8.42 Å². The SMILES string of the molecule is COc1cc(C(=O)NNS(=O)(=O)c2ccc3c4c(cccc24)C(=O)N3)ccc1OC(C)C. The Morgan fingerprint density at radius 2 is 1.84 bits per heavy atom. The number of benzene rings is 3. The predicted molar refractivity (Wildman–Crippen MR) is 118 cm³/mol. The largest absolute Gasteiger partial charge is 0.493 e. The second-order valence-electron chi connectivity index (χ2n) is 7.39. The Morgan fingerprint density at radius 3 is 2.56 bits per heavy atom. The molecule has 0 atom stereocenters. The van der Waals surface area contributed by atoms with E-state index in [9.17, 15) is 18.0 Å². The summed E-state index contributed by atoms with van der Waals surface area (Å²) in [6, 6.07) is 12.3. The zero-order valence-electron chi connectivity index (χ0n) is 17.6. The lowest BCUT2D eigenvalue weighted by molar-refractivity contribution is 0.0944. The van der Waals surface area contributed by atoms with Gasteiger partial charge >= 0.3 is 0 Å². The van der Waals surface area contributed by atoms with Crippen molar-refractivity contribution in [1.82, 2.24) is 10.3 Å². The van der Waals surface area contributed by atoms with E-state index in [1.54, 1.807) is 24.3 Å². The second kappa shape index (κ2) is 8.13. The smallest absolute Gasteiger partial charge is 0.266 e. The van der Waals surface area contributed by atoms with Crippen LogP contribution in [0.15, 0.2) is 53.4 Å². The van der Waals surface area contributed by atoms with E-state index in [1.807, 2.05) is 13.8 Å². The highest BCUT2D eigenvalue weighted by Crippen LogP contribution is 2.36. The Bertz CT molecular complexity index is 1350. The number of carbonyl (C=O) groups is 2. The van der Waals surface area contributed by atoms with Crippen LogP contribution in [0.3, 0.4) is 0 Å². The van der Waals surface area contributed by atoms with Crippen LogP contribution in [0, 0.1) is 0 Å². The Hall–Kier alpha value is -3.63. The Labute approximate surface area is 184 Å². The van der Waals surface area contributed by atoms with Crippen molar-refractivity contribution < 1.29 is 27.5 Å². The third-order valence-corrected chi connectivity index (χ3v) is 6.18. The summed E-state index contributed by atoms with van der Waals surface area (Å²) < 4.78 is 36.7. The first-order valence-electron chi connectivity index (χ1n) is 9.75. The molecule has 0 unspecified atom stereocenters. The molecule has 3 aromatic rings. The molecule has 1 aliphatic heterocycles. The fourth-order valence-electron chi connectivity index (χ4n) is 3.50. The summed E-state index contributed by atoms with van der Waals surface area (Å²) >= 11 is 0. The maximum atomic E-state index is 12.9. The molecule has 166 valence electrons. The van der Waals surface area contributed by atoms with Gasteiger partial charge in [-0.2, -0.15) is 0 Å². The molecule has 0 spiro atoms. The van der Waals surface area contributed by atoms with Crippen LogP contribution in [0.5, 0.6) is 11.5 Å². The molecule has 3 aromatic carbocycles. The lowest BCUT2D eigenvalue weighted by atomic mass is 10.1. The van der Waals surface area contributed by atoms with Gasteiger partial charge in [0.25, 0.3) is 21.8 Å². The number of rotatable bonds is 7. The lowest BCUT2D eigenvalue weighted by Crippen LogP contribution is -2.41. The molecule has 10 heteroatoms. The third-order valence-electron chi connectivity index (χ3n) is 4.87. The van der Waals surface area contributed by atoms with Gasteiger partial charge in [-0.05, 0) is 50.2 Å². The minimum Gasteiger partial charge on any atom is -0.493 e. The normalized spacial score (nSPS) is 12.7. The van der Waals surface area contributed by atoms with Crippen LogP contribution >= 0.6 is 0 Å². The van der Waals surface area contributed by atoms with Crippen molar-refractivity contribution in [3.8, 4) is 11.5 Å². The lowest BCUT2D eigenvalue weighted by Gasteiger charge is -2.15. The first-order chi connectivity index (χ1) is 15.2. The summed E-state index contributed by atoms with van der Waals surface area (Å²) in [4.78, 5) is 26.7. The van der Waals surface area contributed by atoms with Crippen molar-refractivity contribution in [2.45, 2.75) is 24.8 Å². The molecule has 1 aliphatic rings. The first-order valence-corrected chi connectivity index (χ1v) is 11.2. The molecule has 1 heterocycles. The summed E-state index contributed by atoms with van der Waals surface area (Å²) in [6.45, 7) is 3.72. The van der Waals surface area contributed by atoms with Crippen LogP contribution in [0.2, 0.25) is 0 Å². The first kappa shape index (κ1) is 21.6. The Balaban J connectivity index is 1.58. The fourth-order valence-corrected chi connectivity index (χ4v) is 4.54. The number of sulfonamides is 1. The molecular weight excluding hydrogens is 434 g/mol. The van der Waals surface area contributed by atoms with Gasteiger partial charge in [-0.15, -0.1) is 4.83 Å². The summed E-state index contributed by atoms with van der Waals surface area (Å²) in [7, 11) is -2.68. The molecule has 4 rings (SSSR count). The van der Waals surface area contributed by atoms with Crippen LogP contribution in [-0.4, -0.2) is 33.4 Å². The van der Waals surface area contributed by atoms with E-state index in [-0.39, 0.29) is 22.5 Å².